The van der Waals surface area contributed by atoms with Crippen molar-refractivity contribution in [3.05, 3.63) is 0 Å². The molecule has 0 aromatic carbocycles. The number of ether oxygens (including phenoxy) is 1. The second kappa shape index (κ2) is 7.49. The molecule has 0 radical (unpaired) electrons. The smallest absolute Gasteiger partial charge is 0.0590 e. The van der Waals surface area contributed by atoms with Gasteiger partial charge in [0, 0.05) is 12.6 Å². The molecule has 2 heteroatoms. The summed E-state index contributed by atoms with van der Waals surface area (Å²) in [5, 5.41) is 3.60. The van der Waals surface area contributed by atoms with E-state index in [2.05, 4.69) is 19.3 Å². The molecule has 18 heavy (non-hydrogen) atoms. The molecule has 0 aromatic rings. The van der Waals surface area contributed by atoms with Gasteiger partial charge in [0.15, 0.2) is 0 Å². The van der Waals surface area contributed by atoms with E-state index in [1.165, 1.54) is 57.8 Å². The highest BCUT2D eigenvalue weighted by atomic mass is 16.5. The molecule has 1 aliphatic carbocycles. The normalized spacial score (nSPS) is 35.3. The summed E-state index contributed by atoms with van der Waals surface area (Å²) in [4.78, 5) is 0. The van der Waals surface area contributed by atoms with Crippen molar-refractivity contribution in [2.24, 2.45) is 11.8 Å². The minimum atomic E-state index is 0.524. The van der Waals surface area contributed by atoms with Gasteiger partial charge in [0.1, 0.15) is 0 Å². The van der Waals surface area contributed by atoms with Gasteiger partial charge in [-0.25, -0.2) is 0 Å². The third-order valence-corrected chi connectivity index (χ3v) is 5.17. The largest absolute Gasteiger partial charge is 0.378 e. The Hall–Kier alpha value is -0.0800. The molecule has 4 atom stereocenters. The van der Waals surface area contributed by atoms with Crippen LogP contribution >= 0.6 is 0 Å². The van der Waals surface area contributed by atoms with Gasteiger partial charge >= 0.3 is 0 Å². The maximum atomic E-state index is 5.93. The second-order valence-electron chi connectivity index (χ2n) is 6.24. The quantitative estimate of drug-likeness (QED) is 0.805. The van der Waals surface area contributed by atoms with Crippen molar-refractivity contribution < 1.29 is 4.74 Å². The summed E-state index contributed by atoms with van der Waals surface area (Å²) in [5.74, 6) is 1.83. The third kappa shape index (κ3) is 3.71. The zero-order valence-electron chi connectivity index (χ0n) is 12.3. The molecule has 1 saturated heterocycles. The lowest BCUT2D eigenvalue weighted by Gasteiger charge is -2.38. The van der Waals surface area contributed by atoms with Crippen LogP contribution in [0.15, 0.2) is 0 Å². The molecule has 106 valence electrons. The van der Waals surface area contributed by atoms with E-state index in [0.29, 0.717) is 12.1 Å². The fraction of sp³-hybridized carbons (Fsp3) is 1.00. The van der Waals surface area contributed by atoms with Gasteiger partial charge in [-0.2, -0.15) is 0 Å². The Morgan fingerprint density at radius 2 is 1.89 bits per heavy atom. The molecule has 2 rings (SSSR count). The van der Waals surface area contributed by atoms with Crippen molar-refractivity contribution in [1.82, 2.24) is 5.32 Å². The summed E-state index contributed by atoms with van der Waals surface area (Å²) >= 11 is 0. The van der Waals surface area contributed by atoms with Gasteiger partial charge in [-0.1, -0.05) is 32.6 Å². The van der Waals surface area contributed by atoms with Crippen molar-refractivity contribution in [2.45, 2.75) is 76.9 Å². The molecule has 2 fully saturated rings. The molecule has 2 nitrogen and oxygen atoms in total. The zero-order chi connectivity index (χ0) is 12.8. The Labute approximate surface area is 113 Å². The van der Waals surface area contributed by atoms with Crippen LogP contribution in [0, 0.1) is 11.8 Å². The summed E-state index contributed by atoms with van der Waals surface area (Å²) in [5.41, 5.74) is 0. The second-order valence-corrected chi connectivity index (χ2v) is 6.24. The van der Waals surface area contributed by atoms with Crippen LogP contribution in [-0.2, 0) is 4.74 Å². The lowest BCUT2D eigenvalue weighted by atomic mass is 9.72. The minimum absolute atomic E-state index is 0.524. The van der Waals surface area contributed by atoms with E-state index in [1.54, 1.807) is 0 Å². The van der Waals surface area contributed by atoms with E-state index >= 15 is 0 Å². The van der Waals surface area contributed by atoms with Crippen molar-refractivity contribution in [2.75, 3.05) is 13.7 Å². The highest BCUT2D eigenvalue weighted by Gasteiger charge is 2.31. The van der Waals surface area contributed by atoms with Crippen molar-refractivity contribution in [1.29, 1.82) is 0 Å². The van der Waals surface area contributed by atoms with Gasteiger partial charge in [-0.3, -0.25) is 0 Å². The third-order valence-electron chi connectivity index (χ3n) is 5.17. The first-order chi connectivity index (χ1) is 8.85. The number of rotatable bonds is 5. The van der Waals surface area contributed by atoms with Gasteiger partial charge in [-0.05, 0) is 51.0 Å². The molecule has 0 bridgehead atoms. The van der Waals surface area contributed by atoms with Crippen LogP contribution < -0.4 is 5.32 Å². The van der Waals surface area contributed by atoms with Crippen LogP contribution in [0.4, 0.5) is 0 Å². The number of nitrogens with one attached hydrogen (secondary N) is 1. The fourth-order valence-electron chi connectivity index (χ4n) is 4.06. The maximum Gasteiger partial charge on any atom is 0.0590 e. The average Bonchev–Trinajstić information content (AvgIpc) is 2.46. The Bertz CT molecular complexity index is 225. The van der Waals surface area contributed by atoms with E-state index in [1.807, 2.05) is 0 Å². The predicted octanol–water partition coefficient (Wildman–Crippen LogP) is 3.75. The topological polar surface area (TPSA) is 21.3 Å². The average molecular weight is 253 g/mol. The first-order valence-corrected chi connectivity index (χ1v) is 8.14. The van der Waals surface area contributed by atoms with Gasteiger partial charge in [0.05, 0.1) is 6.10 Å². The summed E-state index contributed by atoms with van der Waals surface area (Å²) in [6.45, 7) is 3.36. The van der Waals surface area contributed by atoms with E-state index in [9.17, 15) is 0 Å². The Balaban J connectivity index is 1.89. The Morgan fingerprint density at radius 1 is 1.11 bits per heavy atom. The summed E-state index contributed by atoms with van der Waals surface area (Å²) in [6.07, 6.45) is 12.8. The standard InChI is InChI=1S/C16H31NO/c1-3-13-8-4-5-10-15(13)16(17-2)12-14-9-6-7-11-18-14/h13-17H,3-12H2,1-2H3. The lowest BCUT2D eigenvalue weighted by molar-refractivity contribution is -0.00319. The van der Waals surface area contributed by atoms with Gasteiger partial charge in [0.25, 0.3) is 0 Å². The maximum absolute atomic E-state index is 5.93. The van der Waals surface area contributed by atoms with E-state index in [4.69, 9.17) is 4.74 Å². The highest BCUT2D eigenvalue weighted by Crippen LogP contribution is 2.36. The summed E-state index contributed by atoms with van der Waals surface area (Å²) < 4.78 is 5.93. The molecule has 0 aromatic heterocycles. The zero-order valence-corrected chi connectivity index (χ0v) is 12.3. The molecule has 1 N–H and O–H groups in total. The van der Waals surface area contributed by atoms with E-state index in [-0.39, 0.29) is 0 Å². The Morgan fingerprint density at radius 3 is 2.56 bits per heavy atom. The Kier molecular flexibility index (Phi) is 5.97. The molecule has 0 spiro atoms. The SMILES string of the molecule is CCC1CCCCC1C(CC1CCCCO1)NC. The highest BCUT2D eigenvalue weighted by molar-refractivity contribution is 4.86. The number of hydrogen-bond acceptors (Lipinski definition) is 2. The van der Waals surface area contributed by atoms with Gasteiger partial charge < -0.3 is 10.1 Å². The molecular weight excluding hydrogens is 222 g/mol. The molecule has 0 amide bonds. The van der Waals surface area contributed by atoms with Crippen LogP contribution in [0.2, 0.25) is 0 Å². The fourth-order valence-corrected chi connectivity index (χ4v) is 4.06. The molecule has 1 heterocycles. The number of hydrogen-bond donors (Lipinski definition) is 1. The lowest BCUT2D eigenvalue weighted by Crippen LogP contribution is -2.42. The van der Waals surface area contributed by atoms with Crippen molar-refractivity contribution in [3.63, 3.8) is 0 Å². The predicted molar refractivity (Wildman–Crippen MR) is 76.8 cm³/mol. The summed E-state index contributed by atoms with van der Waals surface area (Å²) in [7, 11) is 2.15. The molecule has 2 aliphatic rings. The molecule has 4 unspecified atom stereocenters. The first-order valence-electron chi connectivity index (χ1n) is 8.14. The van der Waals surface area contributed by atoms with Crippen LogP contribution in [-0.4, -0.2) is 25.8 Å². The monoisotopic (exact) mass is 253 g/mol. The summed E-state index contributed by atoms with van der Waals surface area (Å²) in [6, 6.07) is 0.679. The van der Waals surface area contributed by atoms with Crippen LogP contribution in [0.5, 0.6) is 0 Å². The minimum Gasteiger partial charge on any atom is -0.378 e. The molecular formula is C16H31NO. The van der Waals surface area contributed by atoms with Crippen LogP contribution in [0.3, 0.4) is 0 Å². The van der Waals surface area contributed by atoms with E-state index < -0.39 is 0 Å². The molecule has 1 aliphatic heterocycles. The molecule has 1 saturated carbocycles. The van der Waals surface area contributed by atoms with Crippen LogP contribution in [0.1, 0.15) is 64.7 Å². The van der Waals surface area contributed by atoms with E-state index in [0.717, 1.165) is 18.4 Å². The van der Waals surface area contributed by atoms with Crippen LogP contribution in [0.25, 0.3) is 0 Å². The van der Waals surface area contributed by atoms with Crippen molar-refractivity contribution >= 4 is 0 Å². The van der Waals surface area contributed by atoms with Gasteiger partial charge in [-0.15, -0.1) is 0 Å². The van der Waals surface area contributed by atoms with Crippen molar-refractivity contribution in [3.8, 4) is 0 Å². The van der Waals surface area contributed by atoms with Gasteiger partial charge in [0.2, 0.25) is 0 Å². The first kappa shape index (κ1) is 14.3.